The number of nitrogens with one attached hydrogen (secondary N) is 1. The van der Waals surface area contributed by atoms with Crippen LogP contribution in [0.1, 0.15) is 72.1 Å². The van der Waals surface area contributed by atoms with Gasteiger partial charge in [0.15, 0.2) is 0 Å². The van der Waals surface area contributed by atoms with Crippen LogP contribution in [0.25, 0.3) is 0 Å². The normalized spacial score (nSPS) is 20.6. The molecule has 0 saturated carbocycles. The van der Waals surface area contributed by atoms with E-state index in [4.69, 9.17) is 10.5 Å². The molecule has 2 amide bonds. The molecule has 28 heavy (non-hydrogen) atoms. The second-order valence-electron chi connectivity index (χ2n) is 9.18. The van der Waals surface area contributed by atoms with Crippen LogP contribution in [-0.2, 0) is 9.53 Å². The summed E-state index contributed by atoms with van der Waals surface area (Å²) in [6.07, 6.45) is 7.97. The molecule has 0 radical (unpaired) electrons. The van der Waals surface area contributed by atoms with E-state index in [2.05, 4.69) is 10.2 Å². The van der Waals surface area contributed by atoms with Gasteiger partial charge in [-0.3, -0.25) is 4.79 Å². The van der Waals surface area contributed by atoms with Gasteiger partial charge in [-0.25, -0.2) is 4.79 Å². The number of hydrogen-bond acceptors (Lipinski definition) is 5. The molecule has 0 aliphatic carbocycles. The molecule has 2 rings (SSSR count). The standard InChI is InChI=1S/C21H40N4O3/c1-21(2,3)28-20(27)23-12-6-5-9-18(22)19(26)25-15-10-17(11-16-25)24-13-7-4-8-14-24/h17-18H,4-16,22H2,1-3H3,(H,23,27). The minimum Gasteiger partial charge on any atom is -0.444 e. The smallest absolute Gasteiger partial charge is 0.407 e. The van der Waals surface area contributed by atoms with Crippen molar-refractivity contribution in [1.29, 1.82) is 0 Å². The minimum absolute atomic E-state index is 0.0807. The fraction of sp³-hybridized carbons (Fsp3) is 0.905. The lowest BCUT2D eigenvalue weighted by atomic mass is 9.99. The molecule has 0 aromatic carbocycles. The fourth-order valence-electron chi connectivity index (χ4n) is 4.09. The number of hydrogen-bond donors (Lipinski definition) is 2. The van der Waals surface area contributed by atoms with Crippen LogP contribution >= 0.6 is 0 Å². The summed E-state index contributed by atoms with van der Waals surface area (Å²) in [5.41, 5.74) is 5.65. The van der Waals surface area contributed by atoms with Gasteiger partial charge in [-0.05, 0) is 78.8 Å². The van der Waals surface area contributed by atoms with Crippen LogP contribution in [0.4, 0.5) is 4.79 Å². The van der Waals surface area contributed by atoms with Gasteiger partial charge in [-0.2, -0.15) is 0 Å². The van der Waals surface area contributed by atoms with Crippen molar-refractivity contribution in [2.24, 2.45) is 5.73 Å². The van der Waals surface area contributed by atoms with E-state index in [0.717, 1.165) is 38.8 Å². The third kappa shape index (κ3) is 7.95. The van der Waals surface area contributed by atoms with Gasteiger partial charge in [0.1, 0.15) is 5.60 Å². The first-order chi connectivity index (χ1) is 13.3. The largest absolute Gasteiger partial charge is 0.444 e. The molecule has 1 unspecified atom stereocenters. The lowest BCUT2D eigenvalue weighted by molar-refractivity contribution is -0.134. The van der Waals surface area contributed by atoms with E-state index in [9.17, 15) is 9.59 Å². The highest BCUT2D eigenvalue weighted by Gasteiger charge is 2.29. The molecule has 2 heterocycles. The van der Waals surface area contributed by atoms with Crippen molar-refractivity contribution in [1.82, 2.24) is 15.1 Å². The minimum atomic E-state index is -0.486. The highest BCUT2D eigenvalue weighted by molar-refractivity contribution is 5.81. The van der Waals surface area contributed by atoms with Crippen LogP contribution in [0, 0.1) is 0 Å². The summed E-state index contributed by atoms with van der Waals surface area (Å²) >= 11 is 0. The second-order valence-corrected chi connectivity index (χ2v) is 9.18. The van der Waals surface area contributed by atoms with Crippen molar-refractivity contribution in [3.05, 3.63) is 0 Å². The molecule has 2 saturated heterocycles. The Morgan fingerprint density at radius 2 is 1.71 bits per heavy atom. The summed E-state index contributed by atoms with van der Waals surface area (Å²) in [6, 6.07) is 0.201. The first kappa shape index (κ1) is 22.9. The quantitative estimate of drug-likeness (QED) is 0.646. The number of alkyl carbamates (subject to hydrolysis) is 1. The maximum absolute atomic E-state index is 12.6. The Morgan fingerprint density at radius 1 is 1.07 bits per heavy atom. The Hall–Kier alpha value is -1.34. The predicted molar refractivity (Wildman–Crippen MR) is 111 cm³/mol. The van der Waals surface area contributed by atoms with E-state index in [0.29, 0.717) is 19.0 Å². The Balaban J connectivity index is 1.58. The number of nitrogens with two attached hydrogens (primary N) is 1. The molecular formula is C21H40N4O3. The first-order valence-corrected chi connectivity index (χ1v) is 11.0. The SMILES string of the molecule is CC(C)(C)OC(=O)NCCCCC(N)C(=O)N1CCC(N2CCCCC2)CC1. The van der Waals surface area contributed by atoms with Crippen LogP contribution in [0.3, 0.4) is 0 Å². The van der Waals surface area contributed by atoms with Crippen molar-refractivity contribution >= 4 is 12.0 Å². The van der Waals surface area contributed by atoms with Crippen molar-refractivity contribution < 1.29 is 14.3 Å². The van der Waals surface area contributed by atoms with E-state index in [1.54, 1.807) is 0 Å². The van der Waals surface area contributed by atoms with E-state index in [-0.39, 0.29) is 5.91 Å². The molecule has 7 heteroatoms. The molecule has 0 aromatic heterocycles. The molecule has 0 spiro atoms. The van der Waals surface area contributed by atoms with Gasteiger partial charge in [0.2, 0.25) is 5.91 Å². The van der Waals surface area contributed by atoms with E-state index in [1.165, 1.54) is 32.4 Å². The Morgan fingerprint density at radius 3 is 2.32 bits per heavy atom. The average Bonchev–Trinajstić information content (AvgIpc) is 2.66. The molecule has 0 aromatic rings. The van der Waals surface area contributed by atoms with Crippen LogP contribution in [-0.4, -0.2) is 72.2 Å². The zero-order chi connectivity index (χ0) is 20.6. The van der Waals surface area contributed by atoms with Crippen molar-refractivity contribution in [3.63, 3.8) is 0 Å². The van der Waals surface area contributed by atoms with Crippen LogP contribution in [0.5, 0.6) is 0 Å². The molecule has 162 valence electrons. The topological polar surface area (TPSA) is 87.9 Å². The number of rotatable bonds is 7. The lowest BCUT2D eigenvalue weighted by Gasteiger charge is -2.40. The van der Waals surface area contributed by atoms with Gasteiger partial charge in [0.05, 0.1) is 6.04 Å². The monoisotopic (exact) mass is 396 g/mol. The molecule has 2 aliphatic rings. The highest BCUT2D eigenvalue weighted by Crippen LogP contribution is 2.21. The number of carbonyl (C=O) groups excluding carboxylic acids is 2. The number of carbonyl (C=O) groups is 2. The van der Waals surface area contributed by atoms with Crippen molar-refractivity contribution in [2.75, 3.05) is 32.7 Å². The highest BCUT2D eigenvalue weighted by atomic mass is 16.6. The predicted octanol–water partition coefficient (Wildman–Crippen LogP) is 2.49. The molecule has 2 aliphatic heterocycles. The molecule has 2 fully saturated rings. The van der Waals surface area contributed by atoms with Crippen molar-refractivity contribution in [3.8, 4) is 0 Å². The van der Waals surface area contributed by atoms with Crippen LogP contribution in [0.15, 0.2) is 0 Å². The maximum atomic E-state index is 12.6. The van der Waals surface area contributed by atoms with Crippen LogP contribution in [0.2, 0.25) is 0 Å². The molecule has 1 atom stereocenters. The number of ether oxygens (including phenoxy) is 1. The third-order valence-electron chi connectivity index (χ3n) is 5.61. The molecular weight excluding hydrogens is 356 g/mol. The zero-order valence-corrected chi connectivity index (χ0v) is 18.0. The number of unbranched alkanes of at least 4 members (excludes halogenated alkanes) is 1. The van der Waals surface area contributed by atoms with Gasteiger partial charge in [-0.1, -0.05) is 6.42 Å². The first-order valence-electron chi connectivity index (χ1n) is 11.0. The van der Waals surface area contributed by atoms with Gasteiger partial charge < -0.3 is 25.6 Å². The Labute approximate surface area is 170 Å². The van der Waals surface area contributed by atoms with E-state index < -0.39 is 17.7 Å². The summed E-state index contributed by atoms with van der Waals surface area (Å²) < 4.78 is 5.20. The third-order valence-corrected chi connectivity index (χ3v) is 5.61. The number of amides is 2. The summed E-state index contributed by atoms with van der Waals surface area (Å²) in [6.45, 7) is 10.1. The number of piperidine rings is 2. The zero-order valence-electron chi connectivity index (χ0n) is 18.0. The van der Waals surface area contributed by atoms with Crippen LogP contribution < -0.4 is 11.1 Å². The summed E-state index contributed by atoms with van der Waals surface area (Å²) in [4.78, 5) is 28.8. The fourth-order valence-corrected chi connectivity index (χ4v) is 4.09. The number of likely N-dealkylation sites (tertiary alicyclic amines) is 2. The maximum Gasteiger partial charge on any atom is 0.407 e. The Kier molecular flexibility index (Phi) is 9.02. The van der Waals surface area contributed by atoms with E-state index >= 15 is 0 Å². The molecule has 3 N–H and O–H groups in total. The van der Waals surface area contributed by atoms with Crippen molar-refractivity contribution in [2.45, 2.75) is 89.8 Å². The van der Waals surface area contributed by atoms with Gasteiger partial charge in [-0.15, -0.1) is 0 Å². The average molecular weight is 397 g/mol. The summed E-state index contributed by atoms with van der Waals surface area (Å²) in [5.74, 6) is 0.0807. The van der Waals surface area contributed by atoms with Gasteiger partial charge >= 0.3 is 6.09 Å². The lowest BCUT2D eigenvalue weighted by Crippen LogP contribution is -2.51. The number of nitrogens with zero attached hydrogens (tertiary/aromatic N) is 2. The van der Waals surface area contributed by atoms with Gasteiger partial charge in [0, 0.05) is 25.7 Å². The van der Waals surface area contributed by atoms with Gasteiger partial charge in [0.25, 0.3) is 0 Å². The molecule has 0 bridgehead atoms. The second kappa shape index (κ2) is 11.0. The molecule has 7 nitrogen and oxygen atoms in total. The van der Waals surface area contributed by atoms with E-state index in [1.807, 2.05) is 25.7 Å². The Bertz CT molecular complexity index is 492. The summed E-state index contributed by atoms with van der Waals surface area (Å²) in [5, 5.41) is 2.74. The summed E-state index contributed by atoms with van der Waals surface area (Å²) in [7, 11) is 0.